The maximum absolute atomic E-state index is 4.32. The summed E-state index contributed by atoms with van der Waals surface area (Å²) in [6.45, 7) is 7.34. The molecule has 4 nitrogen and oxygen atoms in total. The van der Waals surface area contributed by atoms with E-state index in [-0.39, 0.29) is 0 Å². The molecule has 1 atom stereocenters. The van der Waals surface area contributed by atoms with Crippen molar-refractivity contribution >= 4 is 0 Å². The van der Waals surface area contributed by atoms with E-state index in [0.29, 0.717) is 12.1 Å². The first-order valence-corrected chi connectivity index (χ1v) is 5.80. The highest BCUT2D eigenvalue weighted by molar-refractivity contribution is 4.91. The normalized spacial score (nSPS) is 18.4. The first-order valence-electron chi connectivity index (χ1n) is 5.80. The molecule has 1 N–H and O–H groups in total. The third kappa shape index (κ3) is 2.56. The fourth-order valence-electron chi connectivity index (χ4n) is 1.81. The average Bonchev–Trinajstić information content (AvgIpc) is 2.93. The third-order valence-corrected chi connectivity index (χ3v) is 3.01. The highest BCUT2D eigenvalue weighted by Gasteiger charge is 2.30. The second-order valence-corrected chi connectivity index (χ2v) is 4.73. The summed E-state index contributed by atoms with van der Waals surface area (Å²) in [6.07, 6.45) is 4.35. The molecule has 1 aromatic rings. The Morgan fingerprint density at radius 2 is 2.20 bits per heavy atom. The summed E-state index contributed by atoms with van der Waals surface area (Å²) in [7, 11) is 0. The van der Waals surface area contributed by atoms with Crippen molar-refractivity contribution in [1.82, 2.24) is 20.1 Å². The van der Waals surface area contributed by atoms with Gasteiger partial charge < -0.3 is 5.32 Å². The summed E-state index contributed by atoms with van der Waals surface area (Å²) in [5.41, 5.74) is 0. The van der Waals surface area contributed by atoms with Gasteiger partial charge in [0.1, 0.15) is 12.2 Å². The van der Waals surface area contributed by atoms with Crippen LogP contribution in [-0.2, 0) is 6.54 Å². The standard InChI is InChI=1S/C11H20N4/c1-8(2)12-6-11-13-7-14-15(11)9(3)10-4-5-10/h7-10,12H,4-6H2,1-3H3. The predicted molar refractivity (Wildman–Crippen MR) is 59.4 cm³/mol. The van der Waals surface area contributed by atoms with Crippen molar-refractivity contribution in [3.8, 4) is 0 Å². The van der Waals surface area contributed by atoms with E-state index in [1.807, 2.05) is 0 Å². The van der Waals surface area contributed by atoms with Crippen molar-refractivity contribution in [2.24, 2.45) is 5.92 Å². The molecule has 2 rings (SSSR count). The molecule has 0 saturated heterocycles. The lowest BCUT2D eigenvalue weighted by Crippen LogP contribution is -2.25. The van der Waals surface area contributed by atoms with Gasteiger partial charge in [0.25, 0.3) is 0 Å². The van der Waals surface area contributed by atoms with Gasteiger partial charge in [-0.25, -0.2) is 9.67 Å². The minimum atomic E-state index is 0.492. The Labute approximate surface area is 91.1 Å². The first-order chi connectivity index (χ1) is 7.18. The Morgan fingerprint density at radius 3 is 2.80 bits per heavy atom. The SMILES string of the molecule is CC(C)NCc1ncnn1C(C)C1CC1. The summed E-state index contributed by atoms with van der Waals surface area (Å²) in [6, 6.07) is 1.00. The zero-order chi connectivity index (χ0) is 10.8. The molecule has 4 heteroatoms. The molecule has 0 bridgehead atoms. The second kappa shape index (κ2) is 4.31. The smallest absolute Gasteiger partial charge is 0.141 e. The lowest BCUT2D eigenvalue weighted by molar-refractivity contribution is 0.411. The van der Waals surface area contributed by atoms with Crippen molar-refractivity contribution in [3.63, 3.8) is 0 Å². The van der Waals surface area contributed by atoms with E-state index < -0.39 is 0 Å². The molecule has 1 aromatic heterocycles. The third-order valence-electron chi connectivity index (χ3n) is 3.01. The summed E-state index contributed by atoms with van der Waals surface area (Å²) < 4.78 is 2.08. The van der Waals surface area contributed by atoms with Gasteiger partial charge in [0.2, 0.25) is 0 Å². The lowest BCUT2D eigenvalue weighted by atomic mass is 10.2. The Balaban J connectivity index is 2.00. The molecule has 1 aliphatic carbocycles. The number of rotatable bonds is 5. The van der Waals surface area contributed by atoms with E-state index in [9.17, 15) is 0 Å². The molecule has 1 heterocycles. The molecule has 1 fully saturated rings. The maximum Gasteiger partial charge on any atom is 0.141 e. The van der Waals surface area contributed by atoms with E-state index in [0.717, 1.165) is 18.3 Å². The topological polar surface area (TPSA) is 42.7 Å². The largest absolute Gasteiger partial charge is 0.308 e. The average molecular weight is 208 g/mol. The van der Waals surface area contributed by atoms with Gasteiger partial charge in [0, 0.05) is 6.04 Å². The predicted octanol–water partition coefficient (Wildman–Crippen LogP) is 1.75. The van der Waals surface area contributed by atoms with E-state index in [2.05, 4.69) is 40.9 Å². The van der Waals surface area contributed by atoms with Gasteiger partial charge in [-0.1, -0.05) is 13.8 Å². The minimum absolute atomic E-state index is 0.492. The van der Waals surface area contributed by atoms with Gasteiger partial charge in [-0.3, -0.25) is 0 Å². The fourth-order valence-corrected chi connectivity index (χ4v) is 1.81. The van der Waals surface area contributed by atoms with Gasteiger partial charge in [-0.05, 0) is 25.7 Å². The summed E-state index contributed by atoms with van der Waals surface area (Å²) in [4.78, 5) is 4.31. The van der Waals surface area contributed by atoms with Gasteiger partial charge in [-0.2, -0.15) is 5.10 Å². The second-order valence-electron chi connectivity index (χ2n) is 4.73. The van der Waals surface area contributed by atoms with Crippen molar-refractivity contribution in [3.05, 3.63) is 12.2 Å². The van der Waals surface area contributed by atoms with Crippen LogP contribution >= 0.6 is 0 Å². The minimum Gasteiger partial charge on any atom is -0.308 e. The van der Waals surface area contributed by atoms with Crippen LogP contribution in [0.25, 0.3) is 0 Å². The zero-order valence-corrected chi connectivity index (χ0v) is 9.77. The molecule has 1 saturated carbocycles. The van der Waals surface area contributed by atoms with Gasteiger partial charge in [0.15, 0.2) is 0 Å². The van der Waals surface area contributed by atoms with Crippen LogP contribution in [0.5, 0.6) is 0 Å². The van der Waals surface area contributed by atoms with Crippen LogP contribution in [0, 0.1) is 5.92 Å². The molecule has 0 radical (unpaired) electrons. The quantitative estimate of drug-likeness (QED) is 0.801. The monoisotopic (exact) mass is 208 g/mol. The van der Waals surface area contributed by atoms with Crippen LogP contribution < -0.4 is 5.32 Å². The van der Waals surface area contributed by atoms with E-state index >= 15 is 0 Å². The molecular weight excluding hydrogens is 188 g/mol. The van der Waals surface area contributed by atoms with E-state index in [1.54, 1.807) is 6.33 Å². The number of nitrogens with one attached hydrogen (secondary N) is 1. The maximum atomic E-state index is 4.32. The molecule has 0 spiro atoms. The molecule has 0 aliphatic heterocycles. The van der Waals surface area contributed by atoms with Crippen molar-refractivity contribution in [1.29, 1.82) is 0 Å². The van der Waals surface area contributed by atoms with Gasteiger partial charge in [-0.15, -0.1) is 0 Å². The van der Waals surface area contributed by atoms with Crippen LogP contribution in [0.4, 0.5) is 0 Å². The van der Waals surface area contributed by atoms with Crippen LogP contribution in [0.1, 0.15) is 45.5 Å². The van der Waals surface area contributed by atoms with Crippen LogP contribution in [0.15, 0.2) is 6.33 Å². The van der Waals surface area contributed by atoms with Gasteiger partial charge >= 0.3 is 0 Å². The Morgan fingerprint density at radius 1 is 1.47 bits per heavy atom. The molecule has 1 aliphatic rings. The summed E-state index contributed by atoms with van der Waals surface area (Å²) in [5, 5.41) is 7.70. The highest BCUT2D eigenvalue weighted by atomic mass is 15.4. The number of hydrogen-bond acceptors (Lipinski definition) is 3. The van der Waals surface area contributed by atoms with Crippen LogP contribution in [0.3, 0.4) is 0 Å². The summed E-state index contributed by atoms with van der Waals surface area (Å²) >= 11 is 0. The van der Waals surface area contributed by atoms with E-state index in [4.69, 9.17) is 0 Å². The fraction of sp³-hybridized carbons (Fsp3) is 0.818. The Bertz CT molecular complexity index is 314. The van der Waals surface area contributed by atoms with Crippen molar-refractivity contribution in [2.45, 2.75) is 52.2 Å². The molecule has 0 aromatic carbocycles. The first kappa shape index (κ1) is 10.6. The number of nitrogens with zero attached hydrogens (tertiary/aromatic N) is 3. The van der Waals surface area contributed by atoms with Crippen LogP contribution in [0.2, 0.25) is 0 Å². The van der Waals surface area contributed by atoms with Crippen molar-refractivity contribution in [2.75, 3.05) is 0 Å². The number of aromatic nitrogens is 3. The Hall–Kier alpha value is -0.900. The molecule has 84 valence electrons. The molecule has 0 amide bonds. The van der Waals surface area contributed by atoms with Crippen molar-refractivity contribution < 1.29 is 0 Å². The lowest BCUT2D eigenvalue weighted by Gasteiger charge is -2.14. The molecule has 15 heavy (non-hydrogen) atoms. The van der Waals surface area contributed by atoms with Crippen LogP contribution in [-0.4, -0.2) is 20.8 Å². The number of hydrogen-bond donors (Lipinski definition) is 1. The zero-order valence-electron chi connectivity index (χ0n) is 9.77. The summed E-state index contributed by atoms with van der Waals surface area (Å²) in [5.74, 6) is 1.88. The van der Waals surface area contributed by atoms with E-state index in [1.165, 1.54) is 12.8 Å². The van der Waals surface area contributed by atoms with Gasteiger partial charge in [0.05, 0.1) is 12.6 Å². The highest BCUT2D eigenvalue weighted by Crippen LogP contribution is 2.39. The molecular formula is C11H20N4. The Kier molecular flexibility index (Phi) is 3.05. The molecule has 1 unspecified atom stereocenters.